The Hall–Kier alpha value is -2.11. The van der Waals surface area contributed by atoms with Crippen molar-refractivity contribution in [3.05, 3.63) is 60.8 Å². The van der Waals surface area contributed by atoms with Crippen LogP contribution in [0.4, 0.5) is 0 Å². The molecule has 0 spiro atoms. The van der Waals surface area contributed by atoms with Gasteiger partial charge in [0.05, 0.1) is 25.4 Å². The quantitative estimate of drug-likeness (QED) is 0.0385. The molecule has 1 saturated heterocycles. The Morgan fingerprint density at radius 2 is 1.29 bits per heavy atom. The van der Waals surface area contributed by atoms with Crippen molar-refractivity contribution in [1.82, 2.24) is 5.32 Å². The van der Waals surface area contributed by atoms with Crippen molar-refractivity contribution in [2.45, 2.75) is 172 Å². The smallest absolute Gasteiger partial charge is 0.220 e. The monoisotopic (exact) mass is 692 g/mol. The van der Waals surface area contributed by atoms with Gasteiger partial charge in [-0.2, -0.15) is 0 Å². The van der Waals surface area contributed by atoms with E-state index in [9.17, 15) is 30.3 Å². The van der Waals surface area contributed by atoms with Crippen molar-refractivity contribution < 1.29 is 39.8 Å². The van der Waals surface area contributed by atoms with Crippen molar-refractivity contribution in [3.8, 4) is 0 Å². The molecule has 0 aromatic heterocycles. The summed E-state index contributed by atoms with van der Waals surface area (Å²) in [7, 11) is 0. The fraction of sp³-hybridized carbons (Fsp3) is 0.725. The Kier molecular flexibility index (Phi) is 28.1. The molecule has 49 heavy (non-hydrogen) atoms. The van der Waals surface area contributed by atoms with Crippen molar-refractivity contribution in [2.24, 2.45) is 0 Å². The molecule has 0 aromatic rings. The number of hydrogen-bond acceptors (Lipinski definition) is 8. The van der Waals surface area contributed by atoms with Crippen molar-refractivity contribution in [3.63, 3.8) is 0 Å². The van der Waals surface area contributed by atoms with Gasteiger partial charge in [-0.1, -0.05) is 120 Å². The van der Waals surface area contributed by atoms with E-state index in [1.165, 1.54) is 44.9 Å². The van der Waals surface area contributed by atoms with Crippen LogP contribution in [-0.4, -0.2) is 87.5 Å². The highest BCUT2D eigenvalue weighted by Gasteiger charge is 2.44. The van der Waals surface area contributed by atoms with Crippen LogP contribution < -0.4 is 5.32 Å². The number of amides is 1. The highest BCUT2D eigenvalue weighted by Crippen LogP contribution is 2.22. The molecule has 1 fully saturated rings. The molecule has 7 unspecified atom stereocenters. The molecule has 282 valence electrons. The number of allylic oxidation sites excluding steroid dienone is 9. The molecule has 1 aliphatic heterocycles. The van der Waals surface area contributed by atoms with E-state index >= 15 is 0 Å². The Balaban J connectivity index is 2.53. The number of nitrogens with one attached hydrogen (secondary N) is 1. The minimum absolute atomic E-state index is 0.216. The van der Waals surface area contributed by atoms with Crippen LogP contribution in [0.5, 0.6) is 0 Å². The third-order valence-corrected chi connectivity index (χ3v) is 8.58. The van der Waals surface area contributed by atoms with Crippen molar-refractivity contribution in [2.75, 3.05) is 13.2 Å². The fourth-order valence-corrected chi connectivity index (χ4v) is 5.48. The zero-order valence-electron chi connectivity index (χ0n) is 30.4. The second kappa shape index (κ2) is 30.7. The van der Waals surface area contributed by atoms with Gasteiger partial charge >= 0.3 is 0 Å². The molecule has 1 heterocycles. The lowest BCUT2D eigenvalue weighted by Crippen LogP contribution is -2.60. The maximum absolute atomic E-state index is 12.8. The van der Waals surface area contributed by atoms with Gasteiger partial charge in [-0.25, -0.2) is 0 Å². The zero-order chi connectivity index (χ0) is 36.0. The summed E-state index contributed by atoms with van der Waals surface area (Å²) in [4.78, 5) is 12.8. The van der Waals surface area contributed by atoms with Gasteiger partial charge in [0.25, 0.3) is 0 Å². The first-order valence-electron chi connectivity index (χ1n) is 19.0. The first-order valence-corrected chi connectivity index (χ1v) is 19.0. The topological polar surface area (TPSA) is 149 Å². The predicted octanol–water partition coefficient (Wildman–Crippen LogP) is 6.49. The Morgan fingerprint density at radius 3 is 1.96 bits per heavy atom. The van der Waals surface area contributed by atoms with Gasteiger partial charge < -0.3 is 40.3 Å². The third kappa shape index (κ3) is 22.4. The predicted molar refractivity (Wildman–Crippen MR) is 198 cm³/mol. The third-order valence-electron chi connectivity index (χ3n) is 8.58. The first-order chi connectivity index (χ1) is 23.8. The van der Waals surface area contributed by atoms with E-state index in [0.717, 1.165) is 57.8 Å². The average Bonchev–Trinajstić information content (AvgIpc) is 3.10. The van der Waals surface area contributed by atoms with E-state index in [2.05, 4.69) is 67.8 Å². The summed E-state index contributed by atoms with van der Waals surface area (Å²) < 4.78 is 11.1. The van der Waals surface area contributed by atoms with Gasteiger partial charge in [0, 0.05) is 6.42 Å². The molecule has 9 heteroatoms. The fourth-order valence-electron chi connectivity index (χ4n) is 5.48. The molecule has 7 atom stereocenters. The molecular weight excluding hydrogens is 622 g/mol. The molecule has 0 aromatic carbocycles. The van der Waals surface area contributed by atoms with Gasteiger partial charge in [0.2, 0.25) is 5.91 Å². The van der Waals surface area contributed by atoms with E-state index in [1.807, 2.05) is 6.08 Å². The summed E-state index contributed by atoms with van der Waals surface area (Å²) in [5.41, 5.74) is 0. The van der Waals surface area contributed by atoms with Crippen LogP contribution in [0.2, 0.25) is 0 Å². The van der Waals surface area contributed by atoms with Gasteiger partial charge in [-0.05, 0) is 64.2 Å². The van der Waals surface area contributed by atoms with Crippen LogP contribution in [0, 0.1) is 0 Å². The summed E-state index contributed by atoms with van der Waals surface area (Å²) in [5.74, 6) is -0.221. The number of hydrogen-bond donors (Lipinski definition) is 6. The molecule has 6 N–H and O–H groups in total. The second-order valence-electron chi connectivity index (χ2n) is 13.0. The first kappa shape index (κ1) is 44.9. The molecular formula is C40H69NO8. The van der Waals surface area contributed by atoms with E-state index in [4.69, 9.17) is 9.47 Å². The Morgan fingerprint density at radius 1 is 0.714 bits per heavy atom. The molecule has 0 saturated carbocycles. The van der Waals surface area contributed by atoms with E-state index < -0.39 is 49.5 Å². The molecule has 9 nitrogen and oxygen atoms in total. The zero-order valence-corrected chi connectivity index (χ0v) is 30.4. The number of ether oxygens (including phenoxy) is 2. The summed E-state index contributed by atoms with van der Waals surface area (Å²) in [5, 5.41) is 53.8. The van der Waals surface area contributed by atoms with Gasteiger partial charge in [-0.15, -0.1) is 0 Å². The number of aliphatic hydroxyl groups is 5. The van der Waals surface area contributed by atoms with Crippen molar-refractivity contribution in [1.29, 1.82) is 0 Å². The average molecular weight is 692 g/mol. The van der Waals surface area contributed by atoms with Gasteiger partial charge in [-0.3, -0.25) is 4.79 Å². The Bertz CT molecular complexity index is 947. The SMILES string of the molecule is CC/C=C\C/C=C\C/C=C\CCCCCC(=O)NC(COC1OC(CO)C(O)C(O)C1O)C(O)/C=C/CC/C=C/CCCCCCCCC. The minimum Gasteiger partial charge on any atom is -0.394 e. The molecule has 0 radical (unpaired) electrons. The number of carbonyl (C=O) groups is 1. The van der Waals surface area contributed by atoms with Crippen LogP contribution in [0.25, 0.3) is 0 Å². The van der Waals surface area contributed by atoms with E-state index in [1.54, 1.807) is 6.08 Å². The largest absolute Gasteiger partial charge is 0.394 e. The maximum atomic E-state index is 12.8. The maximum Gasteiger partial charge on any atom is 0.220 e. The number of carbonyl (C=O) groups excluding carboxylic acids is 1. The van der Waals surface area contributed by atoms with Gasteiger partial charge in [0.1, 0.15) is 24.4 Å². The molecule has 0 aliphatic carbocycles. The van der Waals surface area contributed by atoms with Crippen LogP contribution in [-0.2, 0) is 14.3 Å². The normalized spacial score (nSPS) is 23.1. The molecule has 1 rings (SSSR count). The highest BCUT2D eigenvalue weighted by molar-refractivity contribution is 5.76. The summed E-state index contributed by atoms with van der Waals surface area (Å²) in [6.07, 6.45) is 31.2. The molecule has 0 bridgehead atoms. The van der Waals surface area contributed by atoms with Crippen LogP contribution >= 0.6 is 0 Å². The Labute approximate surface area is 296 Å². The standard InChI is InChI=1S/C40H69NO8/c1-3-5-7-9-11-13-15-17-19-21-23-25-27-29-34(43)33(32-48-40-39(47)38(46)37(45)35(31-42)49-40)41-36(44)30-28-26-24-22-20-18-16-14-12-10-8-6-4-2/h6,8,12,14,18-21,27,29,33-35,37-40,42-43,45-47H,3-5,7,9-11,13,15-17,22-26,28,30-32H2,1-2H3,(H,41,44)/b8-6-,14-12-,20-18-,21-19+,29-27+. The second-order valence-corrected chi connectivity index (χ2v) is 13.0. The van der Waals surface area contributed by atoms with Crippen LogP contribution in [0.15, 0.2) is 60.8 Å². The minimum atomic E-state index is -1.58. The number of rotatable bonds is 29. The van der Waals surface area contributed by atoms with Crippen molar-refractivity contribution >= 4 is 5.91 Å². The molecule has 1 aliphatic rings. The number of unbranched alkanes of at least 4 members (excludes halogenated alkanes) is 11. The van der Waals surface area contributed by atoms with Crippen LogP contribution in [0.1, 0.15) is 129 Å². The molecule has 1 amide bonds. The van der Waals surface area contributed by atoms with E-state index in [-0.39, 0.29) is 12.5 Å². The lowest BCUT2D eigenvalue weighted by atomic mass is 9.99. The summed E-state index contributed by atoms with van der Waals surface area (Å²) >= 11 is 0. The number of aliphatic hydroxyl groups excluding tert-OH is 5. The lowest BCUT2D eigenvalue weighted by molar-refractivity contribution is -0.302. The van der Waals surface area contributed by atoms with E-state index in [0.29, 0.717) is 12.8 Å². The highest BCUT2D eigenvalue weighted by atomic mass is 16.7. The van der Waals surface area contributed by atoms with Crippen LogP contribution in [0.3, 0.4) is 0 Å². The van der Waals surface area contributed by atoms with Gasteiger partial charge in [0.15, 0.2) is 6.29 Å². The summed E-state index contributed by atoms with van der Waals surface area (Å²) in [6, 6.07) is -0.836. The summed E-state index contributed by atoms with van der Waals surface area (Å²) in [6.45, 7) is 3.57. The lowest BCUT2D eigenvalue weighted by Gasteiger charge is -2.40.